The van der Waals surface area contributed by atoms with Crippen LogP contribution in [0.1, 0.15) is 18.9 Å². The molecule has 2 N–H and O–H groups in total. The molecule has 104 valence electrons. The van der Waals surface area contributed by atoms with Crippen molar-refractivity contribution in [2.45, 2.75) is 25.8 Å². The molecule has 5 nitrogen and oxygen atoms in total. The van der Waals surface area contributed by atoms with Crippen molar-refractivity contribution in [2.75, 3.05) is 13.6 Å². The number of carbonyl (C=O) groups excluding carboxylic acids is 1. The Balaban J connectivity index is 2.26. The maximum Gasteiger partial charge on any atom is 0.326 e. The lowest BCUT2D eigenvalue weighted by atomic mass is 10.1. The van der Waals surface area contributed by atoms with E-state index in [0.29, 0.717) is 6.54 Å². The molecule has 0 aliphatic rings. The van der Waals surface area contributed by atoms with Crippen LogP contribution in [0.4, 0.5) is 4.79 Å². The van der Waals surface area contributed by atoms with E-state index in [1.165, 1.54) is 24.4 Å². The van der Waals surface area contributed by atoms with Gasteiger partial charge in [-0.2, -0.15) is 0 Å². The molecule has 1 unspecified atom stereocenters. The van der Waals surface area contributed by atoms with Crippen LogP contribution >= 0.6 is 0 Å². The fourth-order valence-electron chi connectivity index (χ4n) is 1.60. The van der Waals surface area contributed by atoms with Crippen LogP contribution in [0.15, 0.2) is 30.3 Å². The summed E-state index contributed by atoms with van der Waals surface area (Å²) in [6, 6.07) is 8.83. The summed E-state index contributed by atoms with van der Waals surface area (Å²) in [5.74, 6) is -1.01. The molecule has 0 radical (unpaired) electrons. The topological polar surface area (TPSA) is 69.6 Å². The maximum absolute atomic E-state index is 11.7. The first-order chi connectivity index (χ1) is 9.02. The fourth-order valence-corrected chi connectivity index (χ4v) is 1.60. The van der Waals surface area contributed by atoms with Gasteiger partial charge in [-0.3, -0.25) is 0 Å². The number of benzene rings is 1. The number of carboxylic acid groups (broad SMARTS) is 1. The lowest BCUT2D eigenvalue weighted by molar-refractivity contribution is -0.141. The van der Waals surface area contributed by atoms with E-state index in [9.17, 15) is 9.59 Å². The van der Waals surface area contributed by atoms with Crippen molar-refractivity contribution in [1.29, 1.82) is 0 Å². The molecular formula is C14H20N2O3. The van der Waals surface area contributed by atoms with Crippen LogP contribution in [0, 0.1) is 0 Å². The highest BCUT2D eigenvalue weighted by Gasteiger charge is 2.20. The molecular weight excluding hydrogens is 244 g/mol. The first-order valence-corrected chi connectivity index (χ1v) is 6.29. The molecule has 0 spiro atoms. The number of aliphatic carboxylic acids is 1. The van der Waals surface area contributed by atoms with E-state index < -0.39 is 12.0 Å². The van der Waals surface area contributed by atoms with Crippen molar-refractivity contribution in [1.82, 2.24) is 10.2 Å². The number of amides is 2. The van der Waals surface area contributed by atoms with Gasteiger partial charge >= 0.3 is 12.0 Å². The Morgan fingerprint density at radius 2 is 1.95 bits per heavy atom. The number of aryl methyl sites for hydroxylation is 1. The molecule has 1 aromatic carbocycles. The van der Waals surface area contributed by atoms with Crippen LogP contribution in [-0.2, 0) is 11.2 Å². The maximum atomic E-state index is 11.7. The van der Waals surface area contributed by atoms with E-state index in [-0.39, 0.29) is 6.03 Å². The van der Waals surface area contributed by atoms with Gasteiger partial charge < -0.3 is 15.3 Å². The van der Waals surface area contributed by atoms with Gasteiger partial charge in [-0.1, -0.05) is 30.3 Å². The predicted molar refractivity (Wildman–Crippen MR) is 73.0 cm³/mol. The van der Waals surface area contributed by atoms with Gasteiger partial charge in [0.2, 0.25) is 0 Å². The summed E-state index contributed by atoms with van der Waals surface area (Å²) in [6.07, 6.45) is 1.71. The Bertz CT molecular complexity index is 420. The molecule has 5 heteroatoms. The molecule has 0 saturated carbocycles. The van der Waals surface area contributed by atoms with Gasteiger partial charge in [-0.05, 0) is 25.3 Å². The summed E-state index contributed by atoms with van der Waals surface area (Å²) in [5.41, 5.74) is 1.23. The molecule has 1 aromatic rings. The number of hydrogen-bond donors (Lipinski definition) is 2. The van der Waals surface area contributed by atoms with Crippen LogP contribution in [0.5, 0.6) is 0 Å². The third-order valence-corrected chi connectivity index (χ3v) is 3.02. The second-order valence-electron chi connectivity index (χ2n) is 4.45. The number of urea groups is 1. The summed E-state index contributed by atoms with van der Waals surface area (Å²) < 4.78 is 0. The highest BCUT2D eigenvalue weighted by atomic mass is 16.4. The van der Waals surface area contributed by atoms with E-state index in [2.05, 4.69) is 5.32 Å². The van der Waals surface area contributed by atoms with E-state index in [0.717, 1.165) is 12.8 Å². The fraction of sp³-hybridized carbons (Fsp3) is 0.429. The standard InChI is InChI=1S/C14H20N2O3/c1-11(13(17)18)16(2)14(19)15-10-6-9-12-7-4-3-5-8-12/h3-5,7-8,11H,6,9-10H2,1-2H3,(H,15,19)(H,17,18). The third kappa shape index (κ3) is 4.99. The molecule has 19 heavy (non-hydrogen) atoms. The van der Waals surface area contributed by atoms with Crippen LogP contribution in [0.25, 0.3) is 0 Å². The third-order valence-electron chi connectivity index (χ3n) is 3.02. The van der Waals surface area contributed by atoms with Crippen molar-refractivity contribution in [3.8, 4) is 0 Å². The number of carboxylic acids is 1. The molecule has 0 heterocycles. The van der Waals surface area contributed by atoms with E-state index in [4.69, 9.17) is 5.11 Å². The normalized spacial score (nSPS) is 11.7. The number of likely N-dealkylation sites (N-methyl/N-ethyl adjacent to an activating group) is 1. The van der Waals surface area contributed by atoms with Crippen LogP contribution < -0.4 is 5.32 Å². The van der Waals surface area contributed by atoms with Gasteiger partial charge in [0, 0.05) is 13.6 Å². The second-order valence-corrected chi connectivity index (χ2v) is 4.45. The largest absolute Gasteiger partial charge is 0.480 e. The number of nitrogens with zero attached hydrogens (tertiary/aromatic N) is 1. The molecule has 1 rings (SSSR count). The Morgan fingerprint density at radius 3 is 2.53 bits per heavy atom. The minimum Gasteiger partial charge on any atom is -0.480 e. The Labute approximate surface area is 113 Å². The van der Waals surface area contributed by atoms with E-state index >= 15 is 0 Å². The van der Waals surface area contributed by atoms with Crippen molar-refractivity contribution >= 4 is 12.0 Å². The van der Waals surface area contributed by atoms with Gasteiger partial charge in [0.25, 0.3) is 0 Å². The average molecular weight is 264 g/mol. The summed E-state index contributed by atoms with van der Waals surface area (Å²) in [5, 5.41) is 11.5. The predicted octanol–water partition coefficient (Wildman–Crippen LogP) is 1.73. The van der Waals surface area contributed by atoms with Crippen molar-refractivity contribution in [3.05, 3.63) is 35.9 Å². The SMILES string of the molecule is CC(C(=O)O)N(C)C(=O)NCCCc1ccccc1. The van der Waals surface area contributed by atoms with Crippen LogP contribution in [0.2, 0.25) is 0 Å². The Kier molecular flexibility index (Phi) is 5.85. The second kappa shape index (κ2) is 7.41. The van der Waals surface area contributed by atoms with E-state index in [1.54, 1.807) is 0 Å². The minimum atomic E-state index is -1.01. The van der Waals surface area contributed by atoms with E-state index in [1.807, 2.05) is 30.3 Å². The quantitative estimate of drug-likeness (QED) is 0.769. The molecule has 0 aromatic heterocycles. The summed E-state index contributed by atoms with van der Waals surface area (Å²) in [7, 11) is 1.48. The first-order valence-electron chi connectivity index (χ1n) is 6.29. The highest BCUT2D eigenvalue weighted by molar-refractivity contribution is 5.82. The molecule has 1 atom stereocenters. The van der Waals surface area contributed by atoms with Crippen molar-refractivity contribution in [3.63, 3.8) is 0 Å². The smallest absolute Gasteiger partial charge is 0.326 e. The summed E-state index contributed by atoms with van der Waals surface area (Å²) in [4.78, 5) is 23.6. The van der Waals surface area contributed by atoms with Crippen molar-refractivity contribution < 1.29 is 14.7 Å². The molecule has 2 amide bonds. The number of nitrogens with one attached hydrogen (secondary N) is 1. The number of carbonyl (C=O) groups is 2. The highest BCUT2D eigenvalue weighted by Crippen LogP contribution is 2.02. The van der Waals surface area contributed by atoms with Crippen molar-refractivity contribution in [2.24, 2.45) is 0 Å². The Morgan fingerprint density at radius 1 is 1.32 bits per heavy atom. The number of rotatable bonds is 6. The van der Waals surface area contributed by atoms with Gasteiger partial charge in [-0.15, -0.1) is 0 Å². The van der Waals surface area contributed by atoms with Gasteiger partial charge in [0.1, 0.15) is 6.04 Å². The summed E-state index contributed by atoms with van der Waals surface area (Å²) in [6.45, 7) is 2.01. The van der Waals surface area contributed by atoms with Gasteiger partial charge in [0.15, 0.2) is 0 Å². The zero-order valence-corrected chi connectivity index (χ0v) is 11.3. The Hall–Kier alpha value is -2.04. The van der Waals surface area contributed by atoms with Gasteiger partial charge in [0.05, 0.1) is 0 Å². The molecule has 0 saturated heterocycles. The monoisotopic (exact) mass is 264 g/mol. The lowest BCUT2D eigenvalue weighted by Gasteiger charge is -2.21. The number of hydrogen-bond acceptors (Lipinski definition) is 2. The summed E-state index contributed by atoms with van der Waals surface area (Å²) >= 11 is 0. The molecule has 0 bridgehead atoms. The molecule has 0 aliphatic heterocycles. The minimum absolute atomic E-state index is 0.358. The van der Waals surface area contributed by atoms with Crippen LogP contribution in [0.3, 0.4) is 0 Å². The van der Waals surface area contributed by atoms with Crippen LogP contribution in [-0.4, -0.2) is 41.6 Å². The molecule has 0 aliphatic carbocycles. The zero-order valence-electron chi connectivity index (χ0n) is 11.3. The average Bonchev–Trinajstić information content (AvgIpc) is 2.42. The lowest BCUT2D eigenvalue weighted by Crippen LogP contribution is -2.46. The molecule has 0 fully saturated rings. The van der Waals surface area contributed by atoms with Gasteiger partial charge in [-0.25, -0.2) is 9.59 Å². The first kappa shape index (κ1) is 15.0. The zero-order chi connectivity index (χ0) is 14.3.